The van der Waals surface area contributed by atoms with Gasteiger partial charge in [-0.05, 0) is 42.0 Å². The van der Waals surface area contributed by atoms with Crippen LogP contribution >= 0.6 is 22.9 Å². The van der Waals surface area contributed by atoms with Gasteiger partial charge in [0.1, 0.15) is 23.1 Å². The lowest BCUT2D eigenvalue weighted by Crippen LogP contribution is -2.12. The molecule has 1 aromatic heterocycles. The van der Waals surface area contributed by atoms with Gasteiger partial charge in [-0.3, -0.25) is 4.79 Å². The summed E-state index contributed by atoms with van der Waals surface area (Å²) in [6, 6.07) is 24.5. The summed E-state index contributed by atoms with van der Waals surface area (Å²) in [7, 11) is 0. The molecular weight excluding hydrogens is 404 g/mol. The fourth-order valence-electron chi connectivity index (χ4n) is 2.73. The predicted molar refractivity (Wildman–Crippen MR) is 118 cm³/mol. The number of anilines is 1. The average molecular weight is 421 g/mol. The molecule has 0 fully saturated rings. The van der Waals surface area contributed by atoms with E-state index in [9.17, 15) is 4.79 Å². The molecular formula is C23H17ClN2O2S. The molecule has 1 heterocycles. The smallest absolute Gasteiger partial charge is 0.275 e. The highest BCUT2D eigenvalue weighted by Crippen LogP contribution is 2.33. The molecule has 0 aliphatic carbocycles. The van der Waals surface area contributed by atoms with Gasteiger partial charge in [0, 0.05) is 16.1 Å². The summed E-state index contributed by atoms with van der Waals surface area (Å²) in [6.45, 7) is 0.418. The maximum atomic E-state index is 12.5. The van der Waals surface area contributed by atoms with Crippen LogP contribution in [0.25, 0.3) is 10.6 Å². The van der Waals surface area contributed by atoms with E-state index in [-0.39, 0.29) is 5.91 Å². The summed E-state index contributed by atoms with van der Waals surface area (Å²) < 4.78 is 6.01. The molecule has 4 aromatic rings. The highest BCUT2D eigenvalue weighted by Gasteiger charge is 2.15. The second kappa shape index (κ2) is 8.90. The van der Waals surface area contributed by atoms with E-state index >= 15 is 0 Å². The van der Waals surface area contributed by atoms with Gasteiger partial charge >= 0.3 is 0 Å². The minimum atomic E-state index is -0.238. The summed E-state index contributed by atoms with van der Waals surface area (Å²) >= 11 is 7.34. The Labute approximate surface area is 177 Å². The molecule has 4 rings (SSSR count). The van der Waals surface area contributed by atoms with Gasteiger partial charge in [-0.1, -0.05) is 54.1 Å². The van der Waals surface area contributed by atoms with Crippen molar-refractivity contribution < 1.29 is 9.53 Å². The second-order valence-corrected chi connectivity index (χ2v) is 7.56. The topological polar surface area (TPSA) is 51.2 Å². The number of halogens is 1. The molecule has 0 unspecified atom stereocenters. The molecule has 4 nitrogen and oxygen atoms in total. The van der Waals surface area contributed by atoms with Gasteiger partial charge in [0.25, 0.3) is 5.91 Å². The standard InChI is InChI=1S/C23H17ClN2O2S/c24-17-12-10-16(11-13-17)14-28-21-9-5-4-8-19(21)23-26-20(15-29-23)22(27)25-18-6-2-1-3-7-18/h1-13,15H,14H2,(H,25,27). The second-order valence-electron chi connectivity index (χ2n) is 6.27. The molecule has 0 saturated heterocycles. The number of para-hydroxylation sites is 2. The number of rotatable bonds is 6. The maximum Gasteiger partial charge on any atom is 0.275 e. The maximum absolute atomic E-state index is 12.5. The minimum absolute atomic E-state index is 0.238. The Hall–Kier alpha value is -3.15. The molecule has 29 heavy (non-hydrogen) atoms. The molecule has 0 aliphatic rings. The zero-order valence-electron chi connectivity index (χ0n) is 15.3. The van der Waals surface area contributed by atoms with E-state index in [1.54, 1.807) is 5.38 Å². The normalized spacial score (nSPS) is 10.5. The number of carbonyl (C=O) groups is 1. The number of nitrogens with one attached hydrogen (secondary N) is 1. The first-order chi connectivity index (χ1) is 14.2. The SMILES string of the molecule is O=C(Nc1ccccc1)c1csc(-c2ccccc2OCc2ccc(Cl)cc2)n1. The van der Waals surface area contributed by atoms with Gasteiger partial charge in [-0.15, -0.1) is 11.3 Å². The van der Waals surface area contributed by atoms with Crippen molar-refractivity contribution in [3.8, 4) is 16.3 Å². The van der Waals surface area contributed by atoms with E-state index < -0.39 is 0 Å². The van der Waals surface area contributed by atoms with Gasteiger partial charge in [0.2, 0.25) is 0 Å². The first kappa shape index (κ1) is 19.2. The first-order valence-electron chi connectivity index (χ1n) is 8.97. The summed E-state index contributed by atoms with van der Waals surface area (Å²) in [5.41, 5.74) is 2.98. The van der Waals surface area contributed by atoms with Crippen LogP contribution in [0.15, 0.2) is 84.2 Å². The first-order valence-corrected chi connectivity index (χ1v) is 10.2. The molecule has 1 amide bonds. The van der Waals surface area contributed by atoms with Crippen molar-refractivity contribution in [3.63, 3.8) is 0 Å². The van der Waals surface area contributed by atoms with Crippen LogP contribution in [-0.2, 0) is 6.61 Å². The van der Waals surface area contributed by atoms with E-state index in [0.29, 0.717) is 23.1 Å². The van der Waals surface area contributed by atoms with Crippen LogP contribution in [0.2, 0.25) is 5.02 Å². The van der Waals surface area contributed by atoms with Crippen LogP contribution in [0.1, 0.15) is 16.1 Å². The fraction of sp³-hybridized carbons (Fsp3) is 0.0435. The quantitative estimate of drug-likeness (QED) is 0.398. The molecule has 0 saturated carbocycles. The van der Waals surface area contributed by atoms with E-state index in [4.69, 9.17) is 16.3 Å². The van der Waals surface area contributed by atoms with Crippen LogP contribution in [0.3, 0.4) is 0 Å². The van der Waals surface area contributed by atoms with Crippen LogP contribution in [0.4, 0.5) is 5.69 Å². The zero-order chi connectivity index (χ0) is 20.1. The number of carbonyl (C=O) groups excluding carboxylic acids is 1. The molecule has 0 radical (unpaired) electrons. The van der Waals surface area contributed by atoms with Crippen LogP contribution in [0.5, 0.6) is 5.75 Å². The van der Waals surface area contributed by atoms with E-state index in [1.165, 1.54) is 11.3 Å². The van der Waals surface area contributed by atoms with Gasteiger partial charge in [-0.2, -0.15) is 0 Å². The van der Waals surface area contributed by atoms with Gasteiger partial charge < -0.3 is 10.1 Å². The predicted octanol–water partition coefficient (Wildman–Crippen LogP) is 6.29. The number of hydrogen-bond acceptors (Lipinski definition) is 4. The van der Waals surface area contributed by atoms with E-state index in [2.05, 4.69) is 10.3 Å². The minimum Gasteiger partial charge on any atom is -0.488 e. The van der Waals surface area contributed by atoms with Crippen LogP contribution in [0, 0.1) is 0 Å². The third-order valence-corrected chi connectivity index (χ3v) is 5.32. The van der Waals surface area contributed by atoms with Gasteiger partial charge in [0.05, 0.1) is 5.56 Å². The largest absolute Gasteiger partial charge is 0.488 e. The van der Waals surface area contributed by atoms with E-state index in [0.717, 1.165) is 21.8 Å². The Balaban J connectivity index is 1.50. The lowest BCUT2D eigenvalue weighted by molar-refractivity contribution is 0.102. The number of amides is 1. The summed E-state index contributed by atoms with van der Waals surface area (Å²) in [5, 5.41) is 6.03. The highest BCUT2D eigenvalue weighted by atomic mass is 35.5. The third-order valence-electron chi connectivity index (χ3n) is 4.19. The van der Waals surface area contributed by atoms with Crippen molar-refractivity contribution in [2.75, 3.05) is 5.32 Å². The summed E-state index contributed by atoms with van der Waals surface area (Å²) in [6.07, 6.45) is 0. The Morgan fingerprint density at radius 1 is 0.966 bits per heavy atom. The number of ether oxygens (including phenoxy) is 1. The number of thiazole rings is 1. The van der Waals surface area contributed by atoms with Crippen LogP contribution in [-0.4, -0.2) is 10.9 Å². The number of aromatic nitrogens is 1. The molecule has 6 heteroatoms. The molecule has 1 N–H and O–H groups in total. The van der Waals surface area contributed by atoms with Crippen LogP contribution < -0.4 is 10.1 Å². The Morgan fingerprint density at radius 2 is 1.69 bits per heavy atom. The molecule has 0 atom stereocenters. The molecule has 3 aromatic carbocycles. The van der Waals surface area contributed by atoms with Crippen molar-refractivity contribution in [3.05, 3.63) is 101 Å². The Morgan fingerprint density at radius 3 is 2.48 bits per heavy atom. The van der Waals surface area contributed by atoms with Gasteiger partial charge in [0.15, 0.2) is 0 Å². The Kier molecular flexibility index (Phi) is 5.89. The van der Waals surface area contributed by atoms with Crippen molar-refractivity contribution in [1.82, 2.24) is 4.98 Å². The zero-order valence-corrected chi connectivity index (χ0v) is 16.9. The Bertz CT molecular complexity index is 1110. The molecule has 0 aliphatic heterocycles. The lowest BCUT2D eigenvalue weighted by Gasteiger charge is -2.10. The van der Waals surface area contributed by atoms with Crippen molar-refractivity contribution >= 4 is 34.5 Å². The summed E-state index contributed by atoms with van der Waals surface area (Å²) in [5.74, 6) is 0.477. The summed E-state index contributed by atoms with van der Waals surface area (Å²) in [4.78, 5) is 17.0. The third kappa shape index (κ3) is 4.83. The monoisotopic (exact) mass is 420 g/mol. The number of hydrogen-bond donors (Lipinski definition) is 1. The van der Waals surface area contributed by atoms with E-state index in [1.807, 2.05) is 78.9 Å². The number of benzene rings is 3. The molecule has 0 spiro atoms. The lowest BCUT2D eigenvalue weighted by atomic mass is 10.2. The number of nitrogens with zero attached hydrogens (tertiary/aromatic N) is 1. The highest BCUT2D eigenvalue weighted by molar-refractivity contribution is 7.13. The fourth-order valence-corrected chi connectivity index (χ4v) is 3.68. The molecule has 0 bridgehead atoms. The van der Waals surface area contributed by atoms with Crippen molar-refractivity contribution in [2.45, 2.75) is 6.61 Å². The van der Waals surface area contributed by atoms with Gasteiger partial charge in [-0.25, -0.2) is 4.98 Å². The van der Waals surface area contributed by atoms with Crippen molar-refractivity contribution in [1.29, 1.82) is 0 Å². The molecule has 144 valence electrons. The van der Waals surface area contributed by atoms with Crippen molar-refractivity contribution in [2.24, 2.45) is 0 Å². The average Bonchev–Trinajstić information content (AvgIpc) is 3.25.